The molecule has 1 amide bonds. The molecule has 0 spiro atoms. The fourth-order valence-electron chi connectivity index (χ4n) is 5.20. The quantitative estimate of drug-likeness (QED) is 0.479. The maximum absolute atomic E-state index is 13.6. The van der Waals surface area contributed by atoms with Crippen LogP contribution in [-0.2, 0) is 4.79 Å². The SMILES string of the molecule is CC1=C[C@@H]2C(C(=O)Nc3c(C(C)C)cc(C(C)C)cc3C(C)C)=C[C@H]1C[C@@H]2C(C)C. The topological polar surface area (TPSA) is 29.1 Å². The smallest absolute Gasteiger partial charge is 0.251 e. The molecular weight excluding hydrogens is 366 g/mol. The number of fused-ring (bicyclic) bond motifs is 1. The van der Waals surface area contributed by atoms with E-state index in [9.17, 15) is 4.79 Å². The summed E-state index contributed by atoms with van der Waals surface area (Å²) < 4.78 is 0. The monoisotopic (exact) mass is 407 g/mol. The van der Waals surface area contributed by atoms with Gasteiger partial charge in [-0.25, -0.2) is 0 Å². The third-order valence-corrected chi connectivity index (χ3v) is 7.24. The number of anilines is 1. The first kappa shape index (κ1) is 22.8. The number of hydrogen-bond donors (Lipinski definition) is 1. The van der Waals surface area contributed by atoms with E-state index < -0.39 is 0 Å². The van der Waals surface area contributed by atoms with Crippen LogP contribution < -0.4 is 5.32 Å². The van der Waals surface area contributed by atoms with Gasteiger partial charge in [0.05, 0.1) is 0 Å². The highest BCUT2D eigenvalue weighted by Crippen LogP contribution is 2.47. The van der Waals surface area contributed by atoms with E-state index in [0.717, 1.165) is 11.3 Å². The minimum absolute atomic E-state index is 0.0974. The van der Waals surface area contributed by atoms with E-state index in [4.69, 9.17) is 0 Å². The van der Waals surface area contributed by atoms with Gasteiger partial charge in [0.2, 0.25) is 0 Å². The maximum atomic E-state index is 13.6. The Morgan fingerprint density at radius 2 is 1.47 bits per heavy atom. The summed E-state index contributed by atoms with van der Waals surface area (Å²) in [4.78, 5) is 13.6. The van der Waals surface area contributed by atoms with Gasteiger partial charge in [0.25, 0.3) is 5.91 Å². The molecule has 4 rings (SSSR count). The first-order valence-corrected chi connectivity index (χ1v) is 11.9. The zero-order chi connectivity index (χ0) is 22.3. The van der Waals surface area contributed by atoms with Gasteiger partial charge in [0, 0.05) is 17.2 Å². The molecular formula is C28H41NO. The Hall–Kier alpha value is -1.83. The number of carbonyl (C=O) groups is 1. The highest BCUT2D eigenvalue weighted by atomic mass is 16.1. The number of hydrogen-bond acceptors (Lipinski definition) is 1. The van der Waals surface area contributed by atoms with Gasteiger partial charge < -0.3 is 5.32 Å². The average molecular weight is 408 g/mol. The second-order valence-electron chi connectivity index (χ2n) is 10.8. The Balaban J connectivity index is 2.00. The highest BCUT2D eigenvalue weighted by Gasteiger charge is 2.40. The molecule has 0 unspecified atom stereocenters. The fourth-order valence-corrected chi connectivity index (χ4v) is 5.20. The number of benzene rings is 1. The molecule has 0 aromatic heterocycles. The average Bonchev–Trinajstić information content (AvgIpc) is 2.67. The number of carbonyl (C=O) groups excluding carboxylic acids is 1. The van der Waals surface area contributed by atoms with Crippen LogP contribution in [-0.4, -0.2) is 5.91 Å². The lowest BCUT2D eigenvalue weighted by Crippen LogP contribution is -2.36. The molecule has 2 nitrogen and oxygen atoms in total. The van der Waals surface area contributed by atoms with Gasteiger partial charge in [-0.15, -0.1) is 0 Å². The number of nitrogens with one attached hydrogen (secondary N) is 1. The molecule has 3 aliphatic rings. The maximum Gasteiger partial charge on any atom is 0.251 e. The van der Waals surface area contributed by atoms with E-state index in [1.165, 1.54) is 28.7 Å². The molecule has 1 aromatic rings. The standard InChI is InChI=1S/C28H41NO/c1-15(2)20-11-23(17(5)6)27(24(12-20)18(7)8)29-28(30)26-14-21-13-22(16(3)4)25(26)10-19(21)9/h10-12,14-18,21-22,25H,13H2,1-9H3,(H,29,30)/t21-,22-,25+/m1/s1. The van der Waals surface area contributed by atoms with E-state index in [-0.39, 0.29) is 11.8 Å². The van der Waals surface area contributed by atoms with Gasteiger partial charge in [-0.2, -0.15) is 0 Å². The van der Waals surface area contributed by atoms with E-state index >= 15 is 0 Å². The molecule has 1 aromatic carbocycles. The van der Waals surface area contributed by atoms with Crippen LogP contribution in [0.1, 0.15) is 103 Å². The van der Waals surface area contributed by atoms with Crippen molar-refractivity contribution in [2.45, 2.75) is 86.5 Å². The normalized spacial score (nSPS) is 23.4. The van der Waals surface area contributed by atoms with Crippen LogP contribution >= 0.6 is 0 Å². The molecule has 0 radical (unpaired) electrons. The highest BCUT2D eigenvalue weighted by molar-refractivity contribution is 6.05. The molecule has 3 atom stereocenters. The summed E-state index contributed by atoms with van der Waals surface area (Å²) in [5.74, 6) is 3.10. The zero-order valence-electron chi connectivity index (χ0n) is 20.5. The molecule has 0 heterocycles. The second-order valence-corrected chi connectivity index (χ2v) is 10.8. The van der Waals surface area contributed by atoms with Crippen LogP contribution in [0.2, 0.25) is 0 Å². The molecule has 2 heteroatoms. The summed E-state index contributed by atoms with van der Waals surface area (Å²) in [6.45, 7) is 20.2. The summed E-state index contributed by atoms with van der Waals surface area (Å²) in [6, 6.07) is 4.61. The predicted molar refractivity (Wildman–Crippen MR) is 129 cm³/mol. The molecule has 30 heavy (non-hydrogen) atoms. The Kier molecular flexibility index (Phi) is 6.65. The molecule has 0 saturated heterocycles. The lowest BCUT2D eigenvalue weighted by Gasteiger charge is -2.42. The zero-order valence-corrected chi connectivity index (χ0v) is 20.5. The summed E-state index contributed by atoms with van der Waals surface area (Å²) in [6.07, 6.45) is 5.79. The van der Waals surface area contributed by atoms with Crippen molar-refractivity contribution in [3.63, 3.8) is 0 Å². The van der Waals surface area contributed by atoms with Gasteiger partial charge in [0.15, 0.2) is 0 Å². The number of rotatable bonds is 6. The van der Waals surface area contributed by atoms with Gasteiger partial charge in [-0.1, -0.05) is 85.2 Å². The first-order valence-electron chi connectivity index (χ1n) is 11.9. The van der Waals surface area contributed by atoms with Crippen molar-refractivity contribution in [3.05, 3.63) is 52.1 Å². The summed E-state index contributed by atoms with van der Waals surface area (Å²) in [5.41, 5.74) is 7.32. The first-order chi connectivity index (χ1) is 14.0. The molecule has 1 N–H and O–H groups in total. The van der Waals surface area contributed by atoms with Crippen LogP contribution in [0.5, 0.6) is 0 Å². The fraction of sp³-hybridized carbons (Fsp3) is 0.607. The van der Waals surface area contributed by atoms with Crippen LogP contribution in [0.4, 0.5) is 5.69 Å². The van der Waals surface area contributed by atoms with Crippen molar-refractivity contribution in [1.82, 2.24) is 0 Å². The van der Waals surface area contributed by atoms with E-state index in [1.54, 1.807) is 0 Å². The van der Waals surface area contributed by atoms with Crippen molar-refractivity contribution < 1.29 is 4.79 Å². The molecule has 0 saturated carbocycles. The molecule has 3 aliphatic carbocycles. The van der Waals surface area contributed by atoms with Crippen molar-refractivity contribution in [2.24, 2.45) is 23.7 Å². The summed E-state index contributed by atoms with van der Waals surface area (Å²) in [5, 5.41) is 3.40. The third kappa shape index (κ3) is 4.29. The molecule has 0 fully saturated rings. The Labute approximate surface area is 184 Å². The minimum atomic E-state index is 0.0974. The largest absolute Gasteiger partial charge is 0.322 e. The molecule has 2 bridgehead atoms. The molecule has 0 aliphatic heterocycles. The lowest BCUT2D eigenvalue weighted by molar-refractivity contribution is -0.113. The van der Waals surface area contributed by atoms with Crippen molar-refractivity contribution in [2.75, 3.05) is 5.32 Å². The van der Waals surface area contributed by atoms with Gasteiger partial charge in [-0.05, 0) is 65.5 Å². The molecule has 164 valence electrons. The van der Waals surface area contributed by atoms with Crippen molar-refractivity contribution in [3.8, 4) is 0 Å². The lowest BCUT2D eigenvalue weighted by atomic mass is 9.63. The van der Waals surface area contributed by atoms with E-state index in [0.29, 0.717) is 35.5 Å². The van der Waals surface area contributed by atoms with Crippen molar-refractivity contribution >= 4 is 11.6 Å². The van der Waals surface area contributed by atoms with Crippen molar-refractivity contribution in [1.29, 1.82) is 0 Å². The van der Waals surface area contributed by atoms with Crippen LogP contribution in [0.25, 0.3) is 0 Å². The van der Waals surface area contributed by atoms with Gasteiger partial charge in [-0.3, -0.25) is 4.79 Å². The van der Waals surface area contributed by atoms with Crippen LogP contribution in [0, 0.1) is 23.7 Å². The third-order valence-electron chi connectivity index (χ3n) is 7.24. The predicted octanol–water partition coefficient (Wildman–Crippen LogP) is 7.79. The second kappa shape index (κ2) is 8.73. The number of allylic oxidation sites excluding steroid dienone is 3. The van der Waals surface area contributed by atoms with Crippen LogP contribution in [0.15, 0.2) is 35.4 Å². The Morgan fingerprint density at radius 3 is 1.90 bits per heavy atom. The summed E-state index contributed by atoms with van der Waals surface area (Å²) in [7, 11) is 0. The van der Waals surface area contributed by atoms with E-state index in [2.05, 4.69) is 91.9 Å². The van der Waals surface area contributed by atoms with Gasteiger partial charge in [0.1, 0.15) is 0 Å². The Morgan fingerprint density at radius 1 is 0.900 bits per heavy atom. The summed E-state index contributed by atoms with van der Waals surface area (Å²) >= 11 is 0. The van der Waals surface area contributed by atoms with Gasteiger partial charge >= 0.3 is 0 Å². The number of amides is 1. The Bertz CT molecular complexity index is 840. The van der Waals surface area contributed by atoms with E-state index in [1.807, 2.05) is 0 Å². The minimum Gasteiger partial charge on any atom is -0.322 e. The van der Waals surface area contributed by atoms with Crippen LogP contribution in [0.3, 0.4) is 0 Å².